The Hall–Kier alpha value is -1.65. The molecule has 0 aliphatic rings. The average molecular weight is 207 g/mol. The first kappa shape index (κ1) is 11.4. The van der Waals surface area contributed by atoms with Gasteiger partial charge in [0.2, 0.25) is 0 Å². The van der Waals surface area contributed by atoms with Crippen LogP contribution < -0.4 is 10.6 Å². The van der Waals surface area contributed by atoms with E-state index in [9.17, 15) is 0 Å². The molecule has 0 saturated heterocycles. The highest BCUT2D eigenvalue weighted by molar-refractivity contribution is 5.80. The Balaban J connectivity index is 2.99. The monoisotopic (exact) mass is 207 g/mol. The number of rotatable bonds is 5. The van der Waals surface area contributed by atoms with E-state index in [-0.39, 0.29) is 5.84 Å². The van der Waals surface area contributed by atoms with Crippen LogP contribution in [0.3, 0.4) is 0 Å². The summed E-state index contributed by atoms with van der Waals surface area (Å²) < 4.78 is 0. The van der Waals surface area contributed by atoms with Gasteiger partial charge >= 0.3 is 0 Å². The Morgan fingerprint density at radius 3 is 2.67 bits per heavy atom. The Morgan fingerprint density at radius 2 is 2.13 bits per heavy atom. The normalized spacial score (nSPS) is 10.0. The minimum absolute atomic E-state index is 0.137. The van der Waals surface area contributed by atoms with E-state index >= 15 is 0 Å². The summed E-state index contributed by atoms with van der Waals surface area (Å²) in [6.45, 7) is 5.92. The Kier molecular flexibility index (Phi) is 4.03. The Bertz CT molecular complexity index is 332. The van der Waals surface area contributed by atoms with Crippen molar-refractivity contribution < 1.29 is 0 Å². The summed E-state index contributed by atoms with van der Waals surface area (Å²) in [4.78, 5) is 10.3. The molecule has 1 rings (SSSR count). The number of nitrogens with one attached hydrogen (secondary N) is 1. The molecule has 0 aliphatic carbocycles. The Morgan fingerprint density at radius 1 is 1.47 bits per heavy atom. The van der Waals surface area contributed by atoms with Crippen LogP contribution in [0.5, 0.6) is 0 Å². The van der Waals surface area contributed by atoms with Gasteiger partial charge in [0.1, 0.15) is 12.1 Å². The zero-order valence-electron chi connectivity index (χ0n) is 9.20. The molecule has 15 heavy (non-hydrogen) atoms. The summed E-state index contributed by atoms with van der Waals surface area (Å²) in [6, 6.07) is 0. The molecule has 0 aliphatic heterocycles. The van der Waals surface area contributed by atoms with Crippen LogP contribution in [-0.4, -0.2) is 28.9 Å². The van der Waals surface area contributed by atoms with E-state index in [4.69, 9.17) is 11.1 Å². The van der Waals surface area contributed by atoms with Crippen molar-refractivity contribution in [3.8, 4) is 0 Å². The second-order valence-corrected chi connectivity index (χ2v) is 3.25. The quantitative estimate of drug-likeness (QED) is 0.553. The molecule has 0 amide bonds. The van der Waals surface area contributed by atoms with Crippen molar-refractivity contribution in [3.63, 3.8) is 0 Å². The highest BCUT2D eigenvalue weighted by Crippen LogP contribution is 2.15. The fourth-order valence-electron chi connectivity index (χ4n) is 1.49. The maximum atomic E-state index is 7.29. The minimum Gasteiger partial charge on any atom is -0.387 e. The number of aromatic nitrogens is 2. The number of hydrogen-bond acceptors (Lipinski definition) is 4. The molecule has 0 atom stereocenters. The van der Waals surface area contributed by atoms with Crippen molar-refractivity contribution in [1.82, 2.24) is 9.97 Å². The lowest BCUT2D eigenvalue weighted by Gasteiger charge is -2.21. The summed E-state index contributed by atoms with van der Waals surface area (Å²) in [6.07, 6.45) is 3.66. The van der Waals surface area contributed by atoms with Gasteiger partial charge in [0, 0.05) is 31.3 Å². The number of nitrogens with two attached hydrogens (primary N) is 1. The SMILES string of the molecule is CCN(CC)c1ncncc1CC(=N)N. The number of hydrogen-bond donors (Lipinski definition) is 2. The first-order chi connectivity index (χ1) is 7.19. The molecule has 1 aromatic rings. The molecule has 5 nitrogen and oxygen atoms in total. The highest BCUT2D eigenvalue weighted by Gasteiger charge is 2.10. The molecule has 3 N–H and O–H groups in total. The minimum atomic E-state index is 0.137. The maximum Gasteiger partial charge on any atom is 0.135 e. The summed E-state index contributed by atoms with van der Waals surface area (Å²) in [5.41, 5.74) is 6.30. The largest absolute Gasteiger partial charge is 0.387 e. The fraction of sp³-hybridized carbons (Fsp3) is 0.500. The lowest BCUT2D eigenvalue weighted by molar-refractivity contribution is 0.831. The smallest absolute Gasteiger partial charge is 0.135 e. The van der Waals surface area contributed by atoms with Gasteiger partial charge < -0.3 is 10.6 Å². The van der Waals surface area contributed by atoms with E-state index in [1.807, 2.05) is 0 Å². The number of nitrogens with zero attached hydrogens (tertiary/aromatic N) is 3. The molecule has 82 valence electrons. The predicted octanol–water partition coefficient (Wildman–Crippen LogP) is 0.801. The molecule has 1 aromatic heterocycles. The van der Waals surface area contributed by atoms with Crippen LogP contribution in [-0.2, 0) is 6.42 Å². The fourth-order valence-corrected chi connectivity index (χ4v) is 1.49. The van der Waals surface area contributed by atoms with E-state index in [2.05, 4.69) is 28.7 Å². The summed E-state index contributed by atoms with van der Waals surface area (Å²) >= 11 is 0. The van der Waals surface area contributed by atoms with Crippen LogP contribution in [0.15, 0.2) is 12.5 Å². The molecular formula is C10H17N5. The van der Waals surface area contributed by atoms with Gasteiger partial charge in [0.25, 0.3) is 0 Å². The van der Waals surface area contributed by atoms with Crippen molar-refractivity contribution in [2.45, 2.75) is 20.3 Å². The molecule has 0 fully saturated rings. The van der Waals surface area contributed by atoms with E-state index in [1.54, 1.807) is 6.20 Å². The van der Waals surface area contributed by atoms with Gasteiger partial charge in [0.15, 0.2) is 0 Å². The van der Waals surface area contributed by atoms with Gasteiger partial charge in [-0.05, 0) is 13.8 Å². The van der Waals surface area contributed by atoms with Gasteiger partial charge in [-0.3, -0.25) is 5.41 Å². The maximum absolute atomic E-state index is 7.29. The third-order valence-corrected chi connectivity index (χ3v) is 2.21. The summed E-state index contributed by atoms with van der Waals surface area (Å²) in [5.74, 6) is 1.02. The van der Waals surface area contributed by atoms with E-state index in [1.165, 1.54) is 6.33 Å². The summed E-state index contributed by atoms with van der Waals surface area (Å²) in [5, 5.41) is 7.29. The second-order valence-electron chi connectivity index (χ2n) is 3.25. The van der Waals surface area contributed by atoms with Crippen LogP contribution in [0, 0.1) is 5.41 Å². The van der Waals surface area contributed by atoms with Crippen LogP contribution >= 0.6 is 0 Å². The van der Waals surface area contributed by atoms with Gasteiger partial charge in [-0.2, -0.15) is 0 Å². The molecule has 0 aromatic carbocycles. The number of amidine groups is 1. The van der Waals surface area contributed by atoms with Crippen molar-refractivity contribution in [1.29, 1.82) is 5.41 Å². The zero-order valence-corrected chi connectivity index (χ0v) is 9.20. The van der Waals surface area contributed by atoms with Crippen molar-refractivity contribution in [3.05, 3.63) is 18.1 Å². The Labute approximate surface area is 89.8 Å². The lowest BCUT2D eigenvalue weighted by Crippen LogP contribution is -2.25. The van der Waals surface area contributed by atoms with E-state index in [0.29, 0.717) is 6.42 Å². The van der Waals surface area contributed by atoms with Crippen LogP contribution in [0.25, 0.3) is 0 Å². The molecule has 0 unspecified atom stereocenters. The van der Waals surface area contributed by atoms with Crippen molar-refractivity contribution in [2.75, 3.05) is 18.0 Å². The molecule has 0 spiro atoms. The van der Waals surface area contributed by atoms with E-state index < -0.39 is 0 Å². The van der Waals surface area contributed by atoms with Crippen LogP contribution in [0.4, 0.5) is 5.82 Å². The standard InChI is InChI=1S/C10H17N5/c1-3-15(4-2)10-8(5-9(11)12)6-13-7-14-10/h6-7H,3-5H2,1-2H3,(H3,11,12). The molecular weight excluding hydrogens is 190 g/mol. The lowest BCUT2D eigenvalue weighted by atomic mass is 10.2. The first-order valence-corrected chi connectivity index (χ1v) is 5.05. The zero-order chi connectivity index (χ0) is 11.3. The number of anilines is 1. The van der Waals surface area contributed by atoms with Crippen molar-refractivity contribution >= 4 is 11.7 Å². The van der Waals surface area contributed by atoms with Crippen LogP contribution in [0.1, 0.15) is 19.4 Å². The molecule has 1 heterocycles. The van der Waals surface area contributed by atoms with Gasteiger partial charge in [-0.1, -0.05) is 0 Å². The third-order valence-electron chi connectivity index (χ3n) is 2.21. The second kappa shape index (κ2) is 5.29. The molecule has 0 saturated carbocycles. The van der Waals surface area contributed by atoms with Crippen molar-refractivity contribution in [2.24, 2.45) is 5.73 Å². The topological polar surface area (TPSA) is 78.9 Å². The first-order valence-electron chi connectivity index (χ1n) is 5.05. The molecule has 0 bridgehead atoms. The third kappa shape index (κ3) is 2.90. The van der Waals surface area contributed by atoms with Gasteiger partial charge in [-0.25, -0.2) is 9.97 Å². The van der Waals surface area contributed by atoms with Gasteiger partial charge in [-0.15, -0.1) is 0 Å². The highest BCUT2D eigenvalue weighted by atomic mass is 15.2. The van der Waals surface area contributed by atoms with E-state index in [0.717, 1.165) is 24.5 Å². The molecule has 5 heteroatoms. The average Bonchev–Trinajstić information content (AvgIpc) is 2.21. The van der Waals surface area contributed by atoms with Crippen LogP contribution in [0.2, 0.25) is 0 Å². The summed E-state index contributed by atoms with van der Waals surface area (Å²) in [7, 11) is 0. The predicted molar refractivity (Wildman–Crippen MR) is 61.2 cm³/mol. The van der Waals surface area contributed by atoms with Gasteiger partial charge in [0.05, 0.1) is 5.84 Å². The molecule has 0 radical (unpaired) electrons.